The number of nitrogens with zero attached hydrogens (tertiary/aromatic N) is 1. The van der Waals surface area contributed by atoms with Crippen molar-refractivity contribution in [3.63, 3.8) is 0 Å². The molecule has 128 valence electrons. The van der Waals surface area contributed by atoms with Crippen LogP contribution < -0.4 is 10.0 Å². The zero-order valence-electron chi connectivity index (χ0n) is 13.3. The van der Waals surface area contributed by atoms with E-state index in [9.17, 15) is 8.42 Å². The normalized spacial score (nSPS) is 20.7. The molecule has 1 atom stereocenters. The second-order valence-electron chi connectivity index (χ2n) is 5.66. The fourth-order valence-electron chi connectivity index (χ4n) is 2.80. The van der Waals surface area contributed by atoms with E-state index in [-0.39, 0.29) is 29.4 Å². The zero-order valence-corrected chi connectivity index (χ0v) is 14.9. The Balaban J connectivity index is 0.00000264. The van der Waals surface area contributed by atoms with Crippen LogP contribution in [0, 0.1) is 18.3 Å². The monoisotopic (exact) mass is 359 g/mol. The summed E-state index contributed by atoms with van der Waals surface area (Å²) in [5, 5.41) is 12.2. The van der Waals surface area contributed by atoms with Gasteiger partial charge in [0.25, 0.3) is 0 Å². The number of nitriles is 1. The molecule has 8 heteroatoms. The van der Waals surface area contributed by atoms with Crippen molar-refractivity contribution < 1.29 is 13.2 Å². The van der Waals surface area contributed by atoms with Crippen molar-refractivity contribution in [2.75, 3.05) is 26.8 Å². The largest absolute Gasteiger partial charge is 0.383 e. The molecule has 2 rings (SSSR count). The van der Waals surface area contributed by atoms with Crippen LogP contribution >= 0.6 is 12.4 Å². The van der Waals surface area contributed by atoms with E-state index in [0.29, 0.717) is 17.7 Å². The molecular weight excluding hydrogens is 338 g/mol. The average molecular weight is 360 g/mol. The molecule has 1 aromatic rings. The molecule has 1 aromatic carbocycles. The van der Waals surface area contributed by atoms with Gasteiger partial charge in [0.1, 0.15) is 0 Å². The molecule has 0 radical (unpaired) electrons. The summed E-state index contributed by atoms with van der Waals surface area (Å²) < 4.78 is 32.9. The Bertz CT molecular complexity index is 680. The van der Waals surface area contributed by atoms with Crippen molar-refractivity contribution in [1.82, 2.24) is 10.0 Å². The Labute approximate surface area is 143 Å². The molecule has 1 heterocycles. The average Bonchev–Trinajstić information content (AvgIpc) is 2.94. The summed E-state index contributed by atoms with van der Waals surface area (Å²) in [6, 6.07) is 6.57. The van der Waals surface area contributed by atoms with E-state index in [4.69, 9.17) is 10.00 Å². The summed E-state index contributed by atoms with van der Waals surface area (Å²) >= 11 is 0. The van der Waals surface area contributed by atoms with Crippen LogP contribution in [0.1, 0.15) is 24.0 Å². The number of aryl methyl sites for hydroxylation is 1. The van der Waals surface area contributed by atoms with E-state index in [1.165, 1.54) is 12.1 Å². The van der Waals surface area contributed by atoms with Gasteiger partial charge in [-0.05, 0) is 50.1 Å². The Hall–Kier alpha value is -1.17. The molecule has 1 fully saturated rings. The summed E-state index contributed by atoms with van der Waals surface area (Å²) in [5.74, 6) is 0. The molecule has 0 bridgehead atoms. The van der Waals surface area contributed by atoms with E-state index < -0.39 is 10.0 Å². The summed E-state index contributed by atoms with van der Waals surface area (Å²) in [6.07, 6.45) is 1.87. The summed E-state index contributed by atoms with van der Waals surface area (Å²) in [7, 11) is -2.00. The molecule has 0 saturated carbocycles. The molecule has 0 aliphatic carbocycles. The van der Waals surface area contributed by atoms with Crippen LogP contribution in [0.15, 0.2) is 23.1 Å². The van der Waals surface area contributed by atoms with Gasteiger partial charge in [0.15, 0.2) is 0 Å². The van der Waals surface area contributed by atoms with Crippen LogP contribution in [0.25, 0.3) is 0 Å². The number of ether oxygens (including phenoxy) is 1. The molecule has 2 N–H and O–H groups in total. The number of halogens is 1. The lowest BCUT2D eigenvalue weighted by Gasteiger charge is -2.29. The zero-order chi connectivity index (χ0) is 16.2. The van der Waals surface area contributed by atoms with Crippen LogP contribution in [0.3, 0.4) is 0 Å². The minimum absolute atomic E-state index is 0. The second-order valence-corrected chi connectivity index (χ2v) is 7.40. The first-order valence-electron chi connectivity index (χ1n) is 7.17. The number of hydrogen-bond acceptors (Lipinski definition) is 5. The third-order valence-corrected chi connectivity index (χ3v) is 5.51. The highest BCUT2D eigenvalue weighted by atomic mass is 35.5. The smallest absolute Gasteiger partial charge is 0.240 e. The first-order chi connectivity index (χ1) is 10.4. The quantitative estimate of drug-likeness (QED) is 0.799. The Morgan fingerprint density at radius 3 is 2.74 bits per heavy atom. The van der Waals surface area contributed by atoms with Crippen LogP contribution in [0.4, 0.5) is 0 Å². The van der Waals surface area contributed by atoms with Crippen LogP contribution in [-0.2, 0) is 14.8 Å². The maximum absolute atomic E-state index is 12.5. The van der Waals surface area contributed by atoms with Gasteiger partial charge in [-0.25, -0.2) is 13.1 Å². The van der Waals surface area contributed by atoms with Crippen LogP contribution in [0.5, 0.6) is 0 Å². The number of nitrogens with one attached hydrogen (secondary N) is 2. The highest BCUT2D eigenvalue weighted by Gasteiger charge is 2.35. The Kier molecular flexibility index (Phi) is 6.99. The fraction of sp³-hybridized carbons (Fsp3) is 0.533. The lowest BCUT2D eigenvalue weighted by atomic mass is 9.99. The van der Waals surface area contributed by atoms with Crippen molar-refractivity contribution in [2.24, 2.45) is 0 Å². The maximum atomic E-state index is 12.5. The minimum atomic E-state index is -3.61. The third-order valence-electron chi connectivity index (χ3n) is 3.95. The van der Waals surface area contributed by atoms with Gasteiger partial charge in [-0.15, -0.1) is 12.4 Å². The molecule has 1 saturated heterocycles. The number of hydrogen-bond donors (Lipinski definition) is 2. The van der Waals surface area contributed by atoms with E-state index in [0.717, 1.165) is 19.4 Å². The maximum Gasteiger partial charge on any atom is 0.240 e. The van der Waals surface area contributed by atoms with E-state index in [1.54, 1.807) is 20.1 Å². The van der Waals surface area contributed by atoms with Gasteiger partial charge in [-0.1, -0.05) is 0 Å². The fourth-order valence-corrected chi connectivity index (χ4v) is 4.15. The van der Waals surface area contributed by atoms with E-state index >= 15 is 0 Å². The predicted molar refractivity (Wildman–Crippen MR) is 90.2 cm³/mol. The first-order valence-corrected chi connectivity index (χ1v) is 8.65. The predicted octanol–water partition coefficient (Wildman–Crippen LogP) is 1.34. The first kappa shape index (κ1) is 19.9. The number of sulfonamides is 1. The molecule has 0 aromatic heterocycles. The summed E-state index contributed by atoms with van der Waals surface area (Å²) in [4.78, 5) is 0.206. The van der Waals surface area contributed by atoms with Gasteiger partial charge >= 0.3 is 0 Å². The summed E-state index contributed by atoms with van der Waals surface area (Å²) in [6.45, 7) is 3.29. The van der Waals surface area contributed by atoms with Crippen LogP contribution in [-0.4, -0.2) is 40.8 Å². The van der Waals surface area contributed by atoms with Gasteiger partial charge in [0.2, 0.25) is 10.0 Å². The van der Waals surface area contributed by atoms with Crippen molar-refractivity contribution >= 4 is 22.4 Å². The lowest BCUT2D eigenvalue weighted by molar-refractivity contribution is 0.122. The van der Waals surface area contributed by atoms with Gasteiger partial charge in [-0.3, -0.25) is 0 Å². The Morgan fingerprint density at radius 1 is 1.48 bits per heavy atom. The molecule has 6 nitrogen and oxygen atoms in total. The molecular formula is C15H22ClN3O3S. The SMILES string of the molecule is COCC1(CNS(=O)(=O)c2ccc(C#N)cc2C)CCCN1.Cl. The van der Waals surface area contributed by atoms with Crippen molar-refractivity contribution in [3.05, 3.63) is 29.3 Å². The Morgan fingerprint density at radius 2 is 2.22 bits per heavy atom. The highest BCUT2D eigenvalue weighted by molar-refractivity contribution is 7.89. The molecule has 1 unspecified atom stereocenters. The molecule has 23 heavy (non-hydrogen) atoms. The topological polar surface area (TPSA) is 91.2 Å². The van der Waals surface area contributed by atoms with Gasteiger partial charge in [-0.2, -0.15) is 5.26 Å². The van der Waals surface area contributed by atoms with Gasteiger partial charge < -0.3 is 10.1 Å². The van der Waals surface area contributed by atoms with E-state index in [2.05, 4.69) is 10.0 Å². The highest BCUT2D eigenvalue weighted by Crippen LogP contribution is 2.21. The minimum Gasteiger partial charge on any atom is -0.383 e. The van der Waals surface area contributed by atoms with Gasteiger partial charge in [0.05, 0.1) is 28.7 Å². The van der Waals surface area contributed by atoms with Crippen LogP contribution in [0.2, 0.25) is 0 Å². The molecule has 1 aliphatic rings. The van der Waals surface area contributed by atoms with Gasteiger partial charge in [0, 0.05) is 13.7 Å². The molecule has 1 aliphatic heterocycles. The summed E-state index contributed by atoms with van der Waals surface area (Å²) in [5.41, 5.74) is 0.666. The van der Waals surface area contributed by atoms with E-state index in [1.807, 2.05) is 6.07 Å². The number of methoxy groups -OCH3 is 1. The lowest BCUT2D eigenvalue weighted by Crippen LogP contribution is -2.52. The van der Waals surface area contributed by atoms with Crippen molar-refractivity contribution in [2.45, 2.75) is 30.2 Å². The molecule has 0 spiro atoms. The standard InChI is InChI=1S/C15H21N3O3S.ClH/c1-12-8-13(9-16)4-5-14(12)22(19,20)18-10-15(11-21-2)6-3-7-17-15;/h4-5,8,17-18H,3,6-7,10-11H2,1-2H3;1H. The van der Waals surface area contributed by atoms with Crippen molar-refractivity contribution in [3.8, 4) is 6.07 Å². The number of benzene rings is 1. The second kappa shape index (κ2) is 8.08. The number of rotatable bonds is 6. The van der Waals surface area contributed by atoms with Crippen molar-refractivity contribution in [1.29, 1.82) is 5.26 Å². The molecule has 0 amide bonds. The third kappa shape index (κ3) is 4.66.